The minimum absolute atomic E-state index is 0.0242. The molecule has 0 fully saturated rings. The summed E-state index contributed by atoms with van der Waals surface area (Å²) in [5.74, 6) is 0.441. The molecule has 2 aromatic rings. The van der Waals surface area contributed by atoms with Crippen LogP contribution in [0, 0.1) is 11.3 Å². The van der Waals surface area contributed by atoms with E-state index in [0.717, 1.165) is 5.69 Å². The second-order valence-corrected chi connectivity index (χ2v) is 5.30. The van der Waals surface area contributed by atoms with Crippen LogP contribution in [-0.2, 0) is 5.41 Å². The summed E-state index contributed by atoms with van der Waals surface area (Å²) in [5, 5.41) is 12.0. The van der Waals surface area contributed by atoms with Gasteiger partial charge < -0.3 is 5.32 Å². The molecule has 0 aliphatic rings. The van der Waals surface area contributed by atoms with Gasteiger partial charge in [-0.05, 0) is 23.1 Å². The van der Waals surface area contributed by atoms with Gasteiger partial charge in [-0.3, -0.25) is 0 Å². The van der Waals surface area contributed by atoms with E-state index < -0.39 is 0 Å². The summed E-state index contributed by atoms with van der Waals surface area (Å²) in [6.07, 6.45) is 1.58. The molecule has 0 saturated heterocycles. The number of nitriles is 1. The molecule has 0 amide bonds. The number of anilines is 2. The van der Waals surface area contributed by atoms with Crippen LogP contribution >= 0.6 is 0 Å². The smallest absolute Gasteiger partial charge is 0.228 e. The molecule has 0 bridgehead atoms. The summed E-state index contributed by atoms with van der Waals surface area (Å²) in [4.78, 5) is 8.26. The van der Waals surface area contributed by atoms with Crippen molar-refractivity contribution in [1.29, 1.82) is 5.26 Å². The Balaban J connectivity index is 2.36. The lowest BCUT2D eigenvalue weighted by Crippen LogP contribution is -2.14. The normalized spacial score (nSPS) is 10.8. The van der Waals surface area contributed by atoms with Crippen LogP contribution in [0.25, 0.3) is 0 Å². The maximum absolute atomic E-state index is 8.84. The van der Waals surface area contributed by atoms with Gasteiger partial charge in [-0.2, -0.15) is 5.26 Å². The molecule has 4 nitrogen and oxygen atoms in total. The summed E-state index contributed by atoms with van der Waals surface area (Å²) < 4.78 is 0. The second kappa shape index (κ2) is 5.07. The molecule has 19 heavy (non-hydrogen) atoms. The van der Waals surface area contributed by atoms with Crippen LogP contribution in [-0.4, -0.2) is 9.97 Å². The first-order valence-corrected chi connectivity index (χ1v) is 6.10. The Morgan fingerprint density at radius 1 is 1.16 bits per heavy atom. The summed E-state index contributed by atoms with van der Waals surface area (Å²) in [6, 6.07) is 11.6. The number of nitrogens with one attached hydrogen (secondary N) is 1. The average molecular weight is 252 g/mol. The van der Waals surface area contributed by atoms with Gasteiger partial charge in [0.2, 0.25) is 5.95 Å². The summed E-state index contributed by atoms with van der Waals surface area (Å²) in [7, 11) is 0. The molecule has 2 rings (SSSR count). The third kappa shape index (κ3) is 3.08. The molecule has 0 saturated carbocycles. The molecule has 0 unspecified atom stereocenters. The predicted octanol–water partition coefficient (Wildman–Crippen LogP) is 3.39. The van der Waals surface area contributed by atoms with Crippen LogP contribution in [0.3, 0.4) is 0 Å². The summed E-state index contributed by atoms with van der Waals surface area (Å²) in [6.45, 7) is 6.46. The predicted molar refractivity (Wildman–Crippen MR) is 75.2 cm³/mol. The van der Waals surface area contributed by atoms with E-state index in [1.54, 1.807) is 12.3 Å². The molecular formula is C15H16N4. The Morgan fingerprint density at radius 2 is 1.89 bits per heavy atom. The molecule has 96 valence electrons. The van der Waals surface area contributed by atoms with Crippen LogP contribution in [0.2, 0.25) is 0 Å². The van der Waals surface area contributed by atoms with Crippen molar-refractivity contribution in [3.8, 4) is 6.07 Å². The molecule has 0 radical (unpaired) electrons. The zero-order valence-electron chi connectivity index (χ0n) is 11.3. The van der Waals surface area contributed by atoms with E-state index in [1.807, 2.05) is 24.3 Å². The number of benzene rings is 1. The van der Waals surface area contributed by atoms with Gasteiger partial charge in [0.15, 0.2) is 0 Å². The fourth-order valence-electron chi connectivity index (χ4n) is 1.85. The summed E-state index contributed by atoms with van der Waals surface area (Å²) >= 11 is 0. The SMILES string of the molecule is CC(C)(C)c1ccccc1Nc1nccc(C#N)n1. The fraction of sp³-hybridized carbons (Fsp3) is 0.267. The highest BCUT2D eigenvalue weighted by Gasteiger charge is 2.17. The van der Waals surface area contributed by atoms with Crippen LogP contribution in [0.4, 0.5) is 11.6 Å². The maximum Gasteiger partial charge on any atom is 0.228 e. The Morgan fingerprint density at radius 3 is 2.58 bits per heavy atom. The van der Waals surface area contributed by atoms with Crippen molar-refractivity contribution < 1.29 is 0 Å². The lowest BCUT2D eigenvalue weighted by Gasteiger charge is -2.22. The number of nitrogens with zero attached hydrogens (tertiary/aromatic N) is 3. The van der Waals surface area contributed by atoms with E-state index in [-0.39, 0.29) is 5.41 Å². The molecular weight excluding hydrogens is 236 g/mol. The van der Waals surface area contributed by atoms with E-state index in [2.05, 4.69) is 42.1 Å². The van der Waals surface area contributed by atoms with Gasteiger partial charge in [0.25, 0.3) is 0 Å². The van der Waals surface area contributed by atoms with Crippen molar-refractivity contribution in [2.45, 2.75) is 26.2 Å². The topological polar surface area (TPSA) is 61.6 Å². The van der Waals surface area contributed by atoms with Gasteiger partial charge in [-0.25, -0.2) is 9.97 Å². The Bertz CT molecular complexity index is 621. The van der Waals surface area contributed by atoms with Crippen molar-refractivity contribution >= 4 is 11.6 Å². The number of rotatable bonds is 2. The highest BCUT2D eigenvalue weighted by molar-refractivity contribution is 5.60. The maximum atomic E-state index is 8.84. The number of aromatic nitrogens is 2. The van der Waals surface area contributed by atoms with E-state index in [0.29, 0.717) is 11.6 Å². The first-order chi connectivity index (χ1) is 9.00. The van der Waals surface area contributed by atoms with Gasteiger partial charge in [-0.1, -0.05) is 39.0 Å². The first kappa shape index (κ1) is 13.0. The van der Waals surface area contributed by atoms with Crippen molar-refractivity contribution in [2.75, 3.05) is 5.32 Å². The Hall–Kier alpha value is -2.41. The lowest BCUT2D eigenvalue weighted by molar-refractivity contribution is 0.592. The molecule has 4 heteroatoms. The minimum Gasteiger partial charge on any atom is -0.324 e. The second-order valence-electron chi connectivity index (χ2n) is 5.30. The van der Waals surface area contributed by atoms with Crippen LogP contribution in [0.15, 0.2) is 36.5 Å². The van der Waals surface area contributed by atoms with Crippen molar-refractivity contribution in [2.24, 2.45) is 0 Å². The van der Waals surface area contributed by atoms with Gasteiger partial charge in [0.05, 0.1) is 0 Å². The summed E-state index contributed by atoms with van der Waals surface area (Å²) in [5.41, 5.74) is 2.52. The van der Waals surface area contributed by atoms with E-state index in [9.17, 15) is 0 Å². The largest absolute Gasteiger partial charge is 0.324 e. The van der Waals surface area contributed by atoms with Gasteiger partial charge in [-0.15, -0.1) is 0 Å². The first-order valence-electron chi connectivity index (χ1n) is 6.10. The van der Waals surface area contributed by atoms with Crippen molar-refractivity contribution in [3.63, 3.8) is 0 Å². The molecule has 0 atom stereocenters. The molecule has 0 aliphatic carbocycles. The zero-order chi connectivity index (χ0) is 13.9. The van der Waals surface area contributed by atoms with E-state index in [4.69, 9.17) is 5.26 Å². The molecule has 1 aromatic carbocycles. The van der Waals surface area contributed by atoms with E-state index in [1.165, 1.54) is 5.56 Å². The van der Waals surface area contributed by atoms with E-state index >= 15 is 0 Å². The Labute approximate surface area is 113 Å². The monoisotopic (exact) mass is 252 g/mol. The van der Waals surface area contributed by atoms with Gasteiger partial charge >= 0.3 is 0 Å². The van der Waals surface area contributed by atoms with Crippen molar-refractivity contribution in [1.82, 2.24) is 9.97 Å². The average Bonchev–Trinajstić information content (AvgIpc) is 2.38. The van der Waals surface area contributed by atoms with Crippen LogP contribution in [0.1, 0.15) is 32.0 Å². The molecule has 1 heterocycles. The standard InChI is InChI=1S/C15H16N4/c1-15(2,3)12-6-4-5-7-13(12)19-14-17-9-8-11(10-16)18-14/h4-9H,1-3H3,(H,17,18,19). The number of para-hydroxylation sites is 1. The third-order valence-electron chi connectivity index (χ3n) is 2.75. The van der Waals surface area contributed by atoms with Gasteiger partial charge in [0, 0.05) is 11.9 Å². The molecule has 1 N–H and O–H groups in total. The number of hydrogen-bond acceptors (Lipinski definition) is 4. The molecule has 1 aromatic heterocycles. The third-order valence-corrected chi connectivity index (χ3v) is 2.75. The number of hydrogen-bond donors (Lipinski definition) is 1. The molecule has 0 aliphatic heterocycles. The van der Waals surface area contributed by atoms with Crippen LogP contribution < -0.4 is 5.32 Å². The van der Waals surface area contributed by atoms with Crippen LogP contribution in [0.5, 0.6) is 0 Å². The molecule has 0 spiro atoms. The van der Waals surface area contributed by atoms with Gasteiger partial charge in [0.1, 0.15) is 11.8 Å². The quantitative estimate of drug-likeness (QED) is 0.889. The fourth-order valence-corrected chi connectivity index (χ4v) is 1.85. The Kier molecular flexibility index (Phi) is 3.48. The zero-order valence-corrected chi connectivity index (χ0v) is 11.3. The highest BCUT2D eigenvalue weighted by Crippen LogP contribution is 2.30. The minimum atomic E-state index is 0.0242. The highest BCUT2D eigenvalue weighted by atomic mass is 15.1. The van der Waals surface area contributed by atoms with Crippen molar-refractivity contribution in [3.05, 3.63) is 47.8 Å². The lowest BCUT2D eigenvalue weighted by atomic mass is 9.86.